The van der Waals surface area contributed by atoms with Crippen LogP contribution in [0, 0.1) is 11.3 Å². The van der Waals surface area contributed by atoms with E-state index in [2.05, 4.69) is 30.4 Å². The number of thioether (sulfide) groups is 1. The number of aliphatic hydroxyl groups is 4. The molecule has 9 nitrogen and oxygen atoms in total. The van der Waals surface area contributed by atoms with Crippen molar-refractivity contribution in [2.75, 3.05) is 25.4 Å². The van der Waals surface area contributed by atoms with Gasteiger partial charge < -0.3 is 31.1 Å². The van der Waals surface area contributed by atoms with Gasteiger partial charge in [-0.2, -0.15) is 0 Å². The van der Waals surface area contributed by atoms with Gasteiger partial charge in [-0.25, -0.2) is 0 Å². The average molecular weight is 609 g/mol. The molecule has 4 unspecified atom stereocenters. The van der Waals surface area contributed by atoms with E-state index in [-0.39, 0.29) is 55.9 Å². The van der Waals surface area contributed by atoms with Crippen molar-refractivity contribution in [1.82, 2.24) is 10.6 Å². The zero-order valence-electron chi connectivity index (χ0n) is 25.7. The van der Waals surface area contributed by atoms with Gasteiger partial charge >= 0.3 is 0 Å². The summed E-state index contributed by atoms with van der Waals surface area (Å²) >= 11 is 1.10. The molecule has 0 bridgehead atoms. The van der Waals surface area contributed by atoms with Crippen LogP contribution in [0.2, 0.25) is 0 Å². The maximum atomic E-state index is 12.2. The SMILES string of the molecule is C=C(/C=C/C(C)C(O)CC(O)CC(=C)CC)C/C=C/C(=C)CC(=O)SCCNC(=O)CCNC(=O)C(O)C(C)(C)CO. The topological polar surface area (TPSA) is 156 Å². The van der Waals surface area contributed by atoms with Gasteiger partial charge in [-0.3, -0.25) is 14.4 Å². The zero-order chi connectivity index (χ0) is 32.3. The summed E-state index contributed by atoms with van der Waals surface area (Å²) in [6.45, 7) is 18.8. The molecular weight excluding hydrogens is 556 g/mol. The van der Waals surface area contributed by atoms with Gasteiger partial charge in [0.05, 0.1) is 18.8 Å². The Bertz CT molecular complexity index is 974. The molecule has 0 spiro atoms. The second-order valence-corrected chi connectivity index (χ2v) is 12.4. The van der Waals surface area contributed by atoms with E-state index < -0.39 is 29.6 Å². The van der Waals surface area contributed by atoms with Gasteiger partial charge in [-0.05, 0) is 24.8 Å². The second kappa shape index (κ2) is 21.2. The molecule has 0 aromatic heterocycles. The zero-order valence-corrected chi connectivity index (χ0v) is 26.5. The Balaban J connectivity index is 4.19. The van der Waals surface area contributed by atoms with Crippen LogP contribution >= 0.6 is 11.8 Å². The molecule has 238 valence electrons. The number of aliphatic hydroxyl groups excluding tert-OH is 4. The van der Waals surface area contributed by atoms with Crippen LogP contribution in [-0.4, -0.2) is 81.1 Å². The Morgan fingerprint density at radius 3 is 2.29 bits per heavy atom. The van der Waals surface area contributed by atoms with Crippen LogP contribution < -0.4 is 10.6 Å². The highest BCUT2D eigenvalue weighted by molar-refractivity contribution is 8.13. The van der Waals surface area contributed by atoms with Gasteiger partial charge in [0.25, 0.3) is 0 Å². The molecule has 0 aliphatic heterocycles. The maximum absolute atomic E-state index is 12.2. The normalized spacial score (nSPS) is 14.8. The lowest BCUT2D eigenvalue weighted by atomic mass is 9.87. The predicted molar refractivity (Wildman–Crippen MR) is 171 cm³/mol. The summed E-state index contributed by atoms with van der Waals surface area (Å²) in [4.78, 5) is 36.0. The third-order valence-corrected chi connectivity index (χ3v) is 7.49. The number of hydrogen-bond donors (Lipinski definition) is 6. The molecule has 42 heavy (non-hydrogen) atoms. The minimum absolute atomic E-state index is 0.0247. The summed E-state index contributed by atoms with van der Waals surface area (Å²) in [5.41, 5.74) is 1.47. The lowest BCUT2D eigenvalue weighted by Crippen LogP contribution is -2.46. The lowest BCUT2D eigenvalue weighted by molar-refractivity contribution is -0.137. The number of rotatable bonds is 22. The number of nitrogens with one attached hydrogen (secondary N) is 2. The molecule has 2 amide bonds. The van der Waals surface area contributed by atoms with Crippen LogP contribution in [-0.2, 0) is 14.4 Å². The van der Waals surface area contributed by atoms with E-state index in [4.69, 9.17) is 0 Å². The fourth-order valence-corrected chi connectivity index (χ4v) is 4.21. The molecule has 0 fully saturated rings. The van der Waals surface area contributed by atoms with E-state index in [1.54, 1.807) is 19.9 Å². The van der Waals surface area contributed by atoms with Crippen LogP contribution in [0.5, 0.6) is 0 Å². The Hall–Kier alpha value is -2.50. The molecule has 10 heteroatoms. The molecule has 0 aromatic rings. The quantitative estimate of drug-likeness (QED) is 0.0621. The fraction of sp³-hybridized carbons (Fsp3) is 0.594. The highest BCUT2D eigenvalue weighted by atomic mass is 32.2. The van der Waals surface area contributed by atoms with E-state index in [1.165, 1.54) is 0 Å². The maximum Gasteiger partial charge on any atom is 0.249 e. The van der Waals surface area contributed by atoms with Crippen molar-refractivity contribution in [2.24, 2.45) is 11.3 Å². The third-order valence-electron chi connectivity index (χ3n) is 6.62. The first-order valence-electron chi connectivity index (χ1n) is 14.3. The minimum atomic E-state index is -1.38. The van der Waals surface area contributed by atoms with Crippen LogP contribution in [0.4, 0.5) is 0 Å². The van der Waals surface area contributed by atoms with Crippen molar-refractivity contribution >= 4 is 28.7 Å². The van der Waals surface area contributed by atoms with Crippen LogP contribution in [0.25, 0.3) is 0 Å². The van der Waals surface area contributed by atoms with E-state index in [0.29, 0.717) is 24.2 Å². The molecule has 0 heterocycles. The van der Waals surface area contributed by atoms with Crippen molar-refractivity contribution < 1.29 is 34.8 Å². The van der Waals surface area contributed by atoms with E-state index in [1.807, 2.05) is 32.1 Å². The number of allylic oxidation sites excluding steroid dienone is 5. The standard InChI is InChI=1S/C32H52N2O7S/c1-8-22(2)18-26(36)20-27(37)25(5)13-12-23(3)10-9-11-24(4)19-29(39)42-17-16-33-28(38)14-15-34-31(41)30(40)32(6,7)21-35/h9,11-13,25-27,30,35-37,40H,2-4,8,10,14-21H2,1,5-7H3,(H,33,38)(H,34,41)/b11-9+,13-12+. The molecule has 0 saturated carbocycles. The van der Waals surface area contributed by atoms with Gasteiger partial charge in [-0.15, -0.1) is 0 Å². The van der Waals surface area contributed by atoms with E-state index >= 15 is 0 Å². The van der Waals surface area contributed by atoms with Crippen LogP contribution in [0.3, 0.4) is 0 Å². The van der Waals surface area contributed by atoms with Crippen LogP contribution in [0.1, 0.15) is 66.2 Å². The monoisotopic (exact) mass is 608 g/mol. The summed E-state index contributed by atoms with van der Waals surface area (Å²) in [5, 5.41) is 44.7. The summed E-state index contributed by atoms with van der Waals surface area (Å²) in [6, 6.07) is 0. The smallest absolute Gasteiger partial charge is 0.249 e. The first-order valence-corrected chi connectivity index (χ1v) is 15.3. The molecule has 6 N–H and O–H groups in total. The summed E-state index contributed by atoms with van der Waals surface area (Å²) < 4.78 is 0. The Labute approximate surface area is 255 Å². The van der Waals surface area contributed by atoms with Gasteiger partial charge in [-0.1, -0.05) is 94.6 Å². The highest BCUT2D eigenvalue weighted by Crippen LogP contribution is 2.20. The highest BCUT2D eigenvalue weighted by Gasteiger charge is 2.32. The molecule has 0 aliphatic rings. The first-order chi connectivity index (χ1) is 19.6. The van der Waals surface area contributed by atoms with E-state index in [0.717, 1.165) is 29.3 Å². The summed E-state index contributed by atoms with van der Waals surface area (Å²) in [5.74, 6) is -0.687. The lowest BCUT2D eigenvalue weighted by Gasteiger charge is -2.27. The first kappa shape index (κ1) is 39.5. The second-order valence-electron chi connectivity index (χ2n) is 11.2. The number of carbonyl (C=O) groups excluding carboxylic acids is 3. The molecule has 0 aromatic carbocycles. The van der Waals surface area contributed by atoms with Crippen molar-refractivity contribution in [1.29, 1.82) is 0 Å². The average Bonchev–Trinajstić information content (AvgIpc) is 2.93. The van der Waals surface area contributed by atoms with Gasteiger partial charge in [0, 0.05) is 49.4 Å². The summed E-state index contributed by atoms with van der Waals surface area (Å²) in [6.07, 6.45) is 7.05. The number of amides is 2. The van der Waals surface area contributed by atoms with Crippen molar-refractivity contribution in [3.63, 3.8) is 0 Å². The number of carbonyl (C=O) groups is 3. The van der Waals surface area contributed by atoms with Crippen molar-refractivity contribution in [3.05, 3.63) is 60.8 Å². The van der Waals surface area contributed by atoms with Crippen molar-refractivity contribution in [3.8, 4) is 0 Å². The Kier molecular flexibility index (Phi) is 20.0. The molecule has 4 atom stereocenters. The predicted octanol–water partition coefficient (Wildman–Crippen LogP) is 3.36. The molecule has 0 radical (unpaired) electrons. The third kappa shape index (κ3) is 18.1. The van der Waals surface area contributed by atoms with Gasteiger partial charge in [0.1, 0.15) is 6.10 Å². The molecular formula is C32H52N2O7S. The largest absolute Gasteiger partial charge is 0.396 e. The van der Waals surface area contributed by atoms with Gasteiger partial charge in [0.2, 0.25) is 11.8 Å². The van der Waals surface area contributed by atoms with Gasteiger partial charge in [0.15, 0.2) is 5.12 Å². The van der Waals surface area contributed by atoms with Crippen LogP contribution in [0.15, 0.2) is 60.8 Å². The molecule has 0 saturated heterocycles. The van der Waals surface area contributed by atoms with E-state index in [9.17, 15) is 34.8 Å². The molecule has 0 rings (SSSR count). The minimum Gasteiger partial charge on any atom is -0.396 e. The Morgan fingerprint density at radius 1 is 1.00 bits per heavy atom. The Morgan fingerprint density at radius 2 is 1.67 bits per heavy atom. The number of hydrogen-bond acceptors (Lipinski definition) is 8. The van der Waals surface area contributed by atoms with Crippen molar-refractivity contribution in [2.45, 2.75) is 84.5 Å². The molecule has 0 aliphatic carbocycles. The summed E-state index contributed by atoms with van der Waals surface area (Å²) in [7, 11) is 0. The fourth-order valence-electron chi connectivity index (χ4n) is 3.49.